The second-order valence-electron chi connectivity index (χ2n) is 6.88. The van der Waals surface area contributed by atoms with E-state index in [9.17, 15) is 13.2 Å². The van der Waals surface area contributed by atoms with Gasteiger partial charge in [0.05, 0.1) is 19.1 Å². The standard InChI is InChI=1S/C18H25ClN2O5S/c1-25-16-7-6-14(19)10-17(16)27(23,24)21-8-2-4-13(12-21)18(22)20-11-15-5-3-9-26-15/h6-7,10,13,15H,2-5,8-9,11-12H2,1H3,(H,20,22)/t13-,15-/m0/s1. The van der Waals surface area contributed by atoms with E-state index in [4.69, 9.17) is 21.1 Å². The maximum Gasteiger partial charge on any atom is 0.246 e. The number of carbonyl (C=O) groups is 1. The van der Waals surface area contributed by atoms with Crippen LogP contribution in [-0.4, -0.2) is 58.1 Å². The second-order valence-corrected chi connectivity index (χ2v) is 9.22. The summed E-state index contributed by atoms with van der Waals surface area (Å²) in [6.07, 6.45) is 3.31. The predicted octanol–water partition coefficient (Wildman–Crippen LogP) is 2.04. The minimum Gasteiger partial charge on any atom is -0.495 e. The first-order valence-electron chi connectivity index (χ1n) is 9.15. The highest BCUT2D eigenvalue weighted by Gasteiger charge is 2.35. The van der Waals surface area contributed by atoms with Crippen LogP contribution in [0.3, 0.4) is 0 Å². The lowest BCUT2D eigenvalue weighted by atomic mass is 9.99. The van der Waals surface area contributed by atoms with Gasteiger partial charge in [-0.2, -0.15) is 4.31 Å². The third-order valence-electron chi connectivity index (χ3n) is 5.03. The number of benzene rings is 1. The molecule has 2 heterocycles. The number of carbonyl (C=O) groups excluding carboxylic acids is 1. The molecule has 1 N–H and O–H groups in total. The van der Waals surface area contributed by atoms with Crippen LogP contribution in [0.5, 0.6) is 5.75 Å². The van der Waals surface area contributed by atoms with Crippen LogP contribution < -0.4 is 10.1 Å². The smallest absolute Gasteiger partial charge is 0.246 e. The van der Waals surface area contributed by atoms with Crippen LogP contribution in [0.4, 0.5) is 0 Å². The van der Waals surface area contributed by atoms with Crippen LogP contribution >= 0.6 is 11.6 Å². The topological polar surface area (TPSA) is 84.9 Å². The highest BCUT2D eigenvalue weighted by molar-refractivity contribution is 7.89. The Kier molecular flexibility index (Phi) is 6.62. The third-order valence-corrected chi connectivity index (χ3v) is 7.15. The molecule has 3 rings (SSSR count). The lowest BCUT2D eigenvalue weighted by Crippen LogP contribution is -2.46. The Morgan fingerprint density at radius 1 is 1.37 bits per heavy atom. The molecule has 0 radical (unpaired) electrons. The van der Waals surface area contributed by atoms with Gasteiger partial charge in [0.2, 0.25) is 15.9 Å². The van der Waals surface area contributed by atoms with E-state index >= 15 is 0 Å². The fourth-order valence-electron chi connectivity index (χ4n) is 3.53. The zero-order valence-corrected chi connectivity index (χ0v) is 16.9. The first-order chi connectivity index (χ1) is 12.9. The van der Waals surface area contributed by atoms with Gasteiger partial charge in [-0.1, -0.05) is 11.6 Å². The molecule has 0 unspecified atom stereocenters. The van der Waals surface area contributed by atoms with E-state index in [0.29, 0.717) is 31.0 Å². The fourth-order valence-corrected chi connectivity index (χ4v) is 5.47. The summed E-state index contributed by atoms with van der Waals surface area (Å²) in [4.78, 5) is 12.5. The summed E-state index contributed by atoms with van der Waals surface area (Å²) in [5.74, 6) is -0.257. The van der Waals surface area contributed by atoms with Crippen molar-refractivity contribution in [3.8, 4) is 5.75 Å². The van der Waals surface area contributed by atoms with Gasteiger partial charge in [-0.05, 0) is 43.9 Å². The molecule has 2 fully saturated rings. The molecule has 0 bridgehead atoms. The molecule has 9 heteroatoms. The van der Waals surface area contributed by atoms with E-state index in [0.717, 1.165) is 19.4 Å². The van der Waals surface area contributed by atoms with Crippen molar-refractivity contribution < 1.29 is 22.7 Å². The van der Waals surface area contributed by atoms with Gasteiger partial charge in [0.15, 0.2) is 0 Å². The van der Waals surface area contributed by atoms with Crippen LogP contribution in [0.2, 0.25) is 5.02 Å². The van der Waals surface area contributed by atoms with Crippen LogP contribution in [0.1, 0.15) is 25.7 Å². The van der Waals surface area contributed by atoms with Gasteiger partial charge >= 0.3 is 0 Å². The van der Waals surface area contributed by atoms with Crippen molar-refractivity contribution in [2.45, 2.75) is 36.7 Å². The summed E-state index contributed by atoms with van der Waals surface area (Å²) in [5.41, 5.74) is 0. The quantitative estimate of drug-likeness (QED) is 0.767. The molecule has 2 aliphatic heterocycles. The zero-order chi connectivity index (χ0) is 19.4. The lowest BCUT2D eigenvalue weighted by Gasteiger charge is -2.31. The van der Waals surface area contributed by atoms with Gasteiger partial charge < -0.3 is 14.8 Å². The second kappa shape index (κ2) is 8.77. The largest absolute Gasteiger partial charge is 0.495 e. The number of ether oxygens (including phenoxy) is 2. The Hall–Kier alpha value is -1.35. The summed E-state index contributed by atoms with van der Waals surface area (Å²) in [6.45, 7) is 1.73. The van der Waals surface area contributed by atoms with Crippen molar-refractivity contribution in [1.29, 1.82) is 0 Å². The van der Waals surface area contributed by atoms with Crippen LogP contribution in [-0.2, 0) is 19.6 Å². The number of piperidine rings is 1. The van der Waals surface area contributed by atoms with Gasteiger partial charge in [-0.3, -0.25) is 4.79 Å². The normalized spacial score (nSPS) is 23.9. The molecule has 150 valence electrons. The molecule has 1 amide bonds. The maximum absolute atomic E-state index is 13.1. The zero-order valence-electron chi connectivity index (χ0n) is 15.3. The molecule has 2 atom stereocenters. The van der Waals surface area contributed by atoms with E-state index in [1.54, 1.807) is 6.07 Å². The summed E-state index contributed by atoms with van der Waals surface area (Å²) in [6, 6.07) is 4.50. The van der Waals surface area contributed by atoms with Gasteiger partial charge in [0.25, 0.3) is 0 Å². The Bertz CT molecular complexity index is 780. The Balaban J connectivity index is 1.69. The van der Waals surface area contributed by atoms with Gasteiger partial charge in [-0.15, -0.1) is 0 Å². The molecule has 2 saturated heterocycles. The fraction of sp³-hybridized carbons (Fsp3) is 0.611. The predicted molar refractivity (Wildman–Crippen MR) is 101 cm³/mol. The lowest BCUT2D eigenvalue weighted by molar-refractivity contribution is -0.126. The minimum atomic E-state index is -3.81. The van der Waals surface area contributed by atoms with E-state index in [2.05, 4.69) is 5.32 Å². The van der Waals surface area contributed by atoms with Crippen molar-refractivity contribution >= 4 is 27.5 Å². The molecule has 0 saturated carbocycles. The Morgan fingerprint density at radius 2 is 2.19 bits per heavy atom. The molecule has 2 aliphatic rings. The van der Waals surface area contributed by atoms with Gasteiger partial charge in [0.1, 0.15) is 10.6 Å². The van der Waals surface area contributed by atoms with Crippen molar-refractivity contribution in [2.75, 3.05) is 33.4 Å². The Labute approximate surface area is 165 Å². The summed E-state index contributed by atoms with van der Waals surface area (Å²) in [5, 5.41) is 3.22. The SMILES string of the molecule is COc1ccc(Cl)cc1S(=O)(=O)N1CCC[C@H](C(=O)NC[C@@H]2CCCO2)C1. The van der Waals surface area contributed by atoms with Crippen molar-refractivity contribution in [3.05, 3.63) is 23.2 Å². The first-order valence-corrected chi connectivity index (χ1v) is 11.0. The number of nitrogens with one attached hydrogen (secondary N) is 1. The van der Waals surface area contributed by atoms with Gasteiger partial charge in [-0.25, -0.2) is 8.42 Å². The number of halogens is 1. The molecular weight excluding hydrogens is 392 g/mol. The molecule has 0 spiro atoms. The molecule has 0 aromatic heterocycles. The highest BCUT2D eigenvalue weighted by Crippen LogP contribution is 2.32. The van der Waals surface area contributed by atoms with Crippen molar-refractivity contribution in [3.63, 3.8) is 0 Å². The monoisotopic (exact) mass is 416 g/mol. The summed E-state index contributed by atoms with van der Waals surface area (Å²) >= 11 is 5.99. The average molecular weight is 417 g/mol. The average Bonchev–Trinajstić information content (AvgIpc) is 3.19. The van der Waals surface area contributed by atoms with Crippen LogP contribution in [0.25, 0.3) is 0 Å². The van der Waals surface area contributed by atoms with Gasteiger partial charge in [0, 0.05) is 31.3 Å². The number of hydrogen-bond acceptors (Lipinski definition) is 5. The van der Waals surface area contributed by atoms with E-state index in [-0.39, 0.29) is 35.1 Å². The van der Waals surface area contributed by atoms with Crippen LogP contribution in [0, 0.1) is 5.92 Å². The van der Waals surface area contributed by atoms with Crippen molar-refractivity contribution in [2.24, 2.45) is 5.92 Å². The molecule has 1 aromatic rings. The summed E-state index contributed by atoms with van der Waals surface area (Å²) < 4.78 is 38.2. The number of sulfonamides is 1. The van der Waals surface area contributed by atoms with Crippen molar-refractivity contribution in [1.82, 2.24) is 9.62 Å². The number of amides is 1. The maximum atomic E-state index is 13.1. The van der Waals surface area contributed by atoms with E-state index < -0.39 is 10.0 Å². The number of methoxy groups -OCH3 is 1. The van der Waals surface area contributed by atoms with Crippen LogP contribution in [0.15, 0.2) is 23.1 Å². The molecule has 27 heavy (non-hydrogen) atoms. The minimum absolute atomic E-state index is 0.0258. The number of nitrogens with zero attached hydrogens (tertiary/aromatic N) is 1. The molecule has 7 nitrogen and oxygen atoms in total. The van der Waals surface area contributed by atoms with E-state index in [1.165, 1.54) is 23.5 Å². The number of rotatable bonds is 6. The van der Waals surface area contributed by atoms with E-state index in [1.807, 2.05) is 0 Å². The molecule has 0 aliphatic carbocycles. The Morgan fingerprint density at radius 3 is 2.89 bits per heavy atom. The third kappa shape index (κ3) is 4.74. The molecular formula is C18H25ClN2O5S. The first kappa shape index (κ1) is 20.4. The highest BCUT2D eigenvalue weighted by atomic mass is 35.5. The summed E-state index contributed by atoms with van der Waals surface area (Å²) in [7, 11) is -2.39. The number of hydrogen-bond donors (Lipinski definition) is 1. The molecule has 1 aromatic carbocycles.